The third-order valence-corrected chi connectivity index (χ3v) is 5.44. The number of alkyl halides is 3. The molecule has 2 N–H and O–H groups in total. The first kappa shape index (κ1) is 22.9. The van der Waals surface area contributed by atoms with Gasteiger partial charge in [0.1, 0.15) is 18.2 Å². The molecule has 31 heavy (non-hydrogen) atoms. The van der Waals surface area contributed by atoms with Gasteiger partial charge in [-0.15, -0.1) is 0 Å². The summed E-state index contributed by atoms with van der Waals surface area (Å²) in [5.74, 6) is -0.558. The third-order valence-electron chi connectivity index (χ3n) is 5.44. The second-order valence-electron chi connectivity index (χ2n) is 8.36. The van der Waals surface area contributed by atoms with Gasteiger partial charge in [0.05, 0.1) is 5.56 Å². The summed E-state index contributed by atoms with van der Waals surface area (Å²) in [6.07, 6.45) is -2.14. The van der Waals surface area contributed by atoms with E-state index in [0.717, 1.165) is 25.0 Å². The quantitative estimate of drug-likeness (QED) is 0.711. The molecule has 2 aliphatic rings. The fourth-order valence-corrected chi connectivity index (χ4v) is 3.50. The number of halogens is 3. The van der Waals surface area contributed by atoms with Gasteiger partial charge in [0.25, 0.3) is 0 Å². The second kappa shape index (κ2) is 8.76. The first-order valence-corrected chi connectivity index (χ1v) is 10.2. The van der Waals surface area contributed by atoms with Crippen LogP contribution < -0.4 is 10.6 Å². The molecule has 3 amide bonds. The lowest BCUT2D eigenvalue weighted by Crippen LogP contribution is -2.49. The summed E-state index contributed by atoms with van der Waals surface area (Å²) >= 11 is 0. The zero-order chi connectivity index (χ0) is 22.8. The summed E-state index contributed by atoms with van der Waals surface area (Å²) in [6.45, 7) is 3.18. The van der Waals surface area contributed by atoms with E-state index >= 15 is 0 Å². The van der Waals surface area contributed by atoms with Gasteiger partial charge < -0.3 is 20.3 Å². The van der Waals surface area contributed by atoms with Gasteiger partial charge in [-0.25, -0.2) is 4.79 Å². The van der Waals surface area contributed by atoms with E-state index in [2.05, 4.69) is 10.6 Å². The van der Waals surface area contributed by atoms with Crippen molar-refractivity contribution in [2.45, 2.75) is 63.4 Å². The van der Waals surface area contributed by atoms with Crippen molar-refractivity contribution >= 4 is 17.9 Å². The molecule has 1 aromatic carbocycles. The third kappa shape index (κ3) is 5.89. The molecule has 1 saturated carbocycles. The average molecular weight is 441 g/mol. The molecule has 0 radical (unpaired) electrons. The van der Waals surface area contributed by atoms with Gasteiger partial charge in [-0.05, 0) is 57.2 Å². The van der Waals surface area contributed by atoms with Crippen LogP contribution in [0.5, 0.6) is 0 Å². The standard InChI is InChI=1S/C21H26F3N3O4/c1-20(2,13-5-7-14(8-6-13)21(22,23)24)31-19(30)25-12-17(28)27-11-3-4-16(27)18(29)26-15-9-10-15/h5-8,15-16H,3-4,9-12H2,1-2H3,(H,25,30)(H,26,29)/t16-/m0/s1. The number of hydrogen-bond donors (Lipinski definition) is 2. The summed E-state index contributed by atoms with van der Waals surface area (Å²) in [6, 6.07) is 3.99. The predicted molar refractivity (Wildman–Crippen MR) is 105 cm³/mol. The number of carbonyl (C=O) groups is 3. The van der Waals surface area contributed by atoms with Crippen molar-refractivity contribution in [2.24, 2.45) is 0 Å². The highest BCUT2D eigenvalue weighted by molar-refractivity contribution is 5.90. The van der Waals surface area contributed by atoms with Crippen molar-refractivity contribution in [1.29, 1.82) is 0 Å². The van der Waals surface area contributed by atoms with E-state index in [-0.39, 0.29) is 18.5 Å². The number of alkyl carbamates (subject to hydrolysis) is 1. The van der Waals surface area contributed by atoms with Gasteiger partial charge >= 0.3 is 12.3 Å². The molecule has 1 atom stereocenters. The average Bonchev–Trinajstić information content (AvgIpc) is 3.36. The summed E-state index contributed by atoms with van der Waals surface area (Å²) in [4.78, 5) is 38.4. The SMILES string of the molecule is CC(C)(OC(=O)NCC(=O)N1CCC[C@H]1C(=O)NC1CC1)c1ccc(C(F)(F)F)cc1. The Balaban J connectivity index is 1.51. The van der Waals surface area contributed by atoms with Crippen LogP contribution >= 0.6 is 0 Å². The number of hydrogen-bond acceptors (Lipinski definition) is 4. The van der Waals surface area contributed by atoms with Gasteiger partial charge in [0.15, 0.2) is 0 Å². The van der Waals surface area contributed by atoms with E-state index in [4.69, 9.17) is 4.74 Å². The number of carbonyl (C=O) groups excluding carboxylic acids is 3. The van der Waals surface area contributed by atoms with Crippen LogP contribution in [0.1, 0.15) is 50.7 Å². The Morgan fingerprint density at radius 1 is 1.06 bits per heavy atom. The monoisotopic (exact) mass is 441 g/mol. The van der Waals surface area contributed by atoms with Crippen molar-refractivity contribution in [3.63, 3.8) is 0 Å². The zero-order valence-electron chi connectivity index (χ0n) is 17.4. The van der Waals surface area contributed by atoms with Crippen molar-refractivity contribution in [1.82, 2.24) is 15.5 Å². The molecule has 2 fully saturated rings. The largest absolute Gasteiger partial charge is 0.439 e. The summed E-state index contributed by atoms with van der Waals surface area (Å²) < 4.78 is 43.5. The molecule has 170 valence electrons. The number of likely N-dealkylation sites (tertiary alicyclic amines) is 1. The lowest BCUT2D eigenvalue weighted by Gasteiger charge is -2.27. The van der Waals surface area contributed by atoms with E-state index in [1.165, 1.54) is 30.9 Å². The fourth-order valence-electron chi connectivity index (χ4n) is 3.50. The van der Waals surface area contributed by atoms with Crippen LogP contribution in [0.25, 0.3) is 0 Å². The number of ether oxygens (including phenoxy) is 1. The van der Waals surface area contributed by atoms with Gasteiger partial charge in [-0.2, -0.15) is 13.2 Å². The highest BCUT2D eigenvalue weighted by Gasteiger charge is 2.37. The topological polar surface area (TPSA) is 87.7 Å². The summed E-state index contributed by atoms with van der Waals surface area (Å²) in [7, 11) is 0. The number of amides is 3. The first-order valence-electron chi connectivity index (χ1n) is 10.2. The maximum atomic E-state index is 12.7. The molecule has 10 heteroatoms. The van der Waals surface area contributed by atoms with Crippen molar-refractivity contribution in [3.8, 4) is 0 Å². The number of benzene rings is 1. The molecule has 1 aromatic rings. The second-order valence-corrected chi connectivity index (χ2v) is 8.36. The van der Waals surface area contributed by atoms with Crippen LogP contribution in [0.2, 0.25) is 0 Å². The van der Waals surface area contributed by atoms with Crippen molar-refractivity contribution < 1.29 is 32.3 Å². The molecule has 7 nitrogen and oxygen atoms in total. The van der Waals surface area contributed by atoms with Crippen LogP contribution in [0.3, 0.4) is 0 Å². The molecule has 0 bridgehead atoms. The van der Waals surface area contributed by atoms with E-state index in [1.54, 1.807) is 0 Å². The van der Waals surface area contributed by atoms with Crippen LogP contribution in [-0.2, 0) is 26.1 Å². The molecular formula is C21H26F3N3O4. The summed E-state index contributed by atoms with van der Waals surface area (Å²) in [5.41, 5.74) is -1.64. The van der Waals surface area contributed by atoms with Crippen molar-refractivity contribution in [2.75, 3.05) is 13.1 Å². The van der Waals surface area contributed by atoms with Gasteiger partial charge in [-0.3, -0.25) is 9.59 Å². The van der Waals surface area contributed by atoms with Crippen molar-refractivity contribution in [3.05, 3.63) is 35.4 Å². The van der Waals surface area contributed by atoms with E-state index in [0.29, 0.717) is 24.9 Å². The Kier molecular flexibility index (Phi) is 6.47. The minimum absolute atomic E-state index is 0.167. The van der Waals surface area contributed by atoms with Crippen LogP contribution in [0.4, 0.5) is 18.0 Å². The Morgan fingerprint density at radius 3 is 2.26 bits per heavy atom. The molecule has 1 saturated heterocycles. The van der Waals surface area contributed by atoms with E-state index in [1.807, 2.05) is 0 Å². The Hall–Kier alpha value is -2.78. The highest BCUT2D eigenvalue weighted by atomic mass is 19.4. The Bertz CT molecular complexity index is 835. The summed E-state index contributed by atoms with van der Waals surface area (Å²) in [5, 5.41) is 5.26. The van der Waals surface area contributed by atoms with Crippen LogP contribution in [0.15, 0.2) is 24.3 Å². The lowest BCUT2D eigenvalue weighted by atomic mass is 9.97. The number of rotatable bonds is 6. The molecule has 1 aliphatic carbocycles. The molecule has 0 aromatic heterocycles. The first-order chi connectivity index (χ1) is 14.5. The Labute approximate surface area is 178 Å². The molecule has 3 rings (SSSR count). The smallest absolute Gasteiger partial charge is 0.416 e. The minimum atomic E-state index is -4.45. The fraction of sp³-hybridized carbons (Fsp3) is 0.571. The number of nitrogens with zero attached hydrogens (tertiary/aromatic N) is 1. The maximum Gasteiger partial charge on any atom is 0.416 e. The van der Waals surface area contributed by atoms with Gasteiger partial charge in [0.2, 0.25) is 11.8 Å². The lowest BCUT2D eigenvalue weighted by molar-refractivity contribution is -0.137. The highest BCUT2D eigenvalue weighted by Crippen LogP contribution is 2.32. The van der Waals surface area contributed by atoms with Gasteiger partial charge in [-0.1, -0.05) is 12.1 Å². The van der Waals surface area contributed by atoms with Crippen LogP contribution in [-0.4, -0.2) is 48.0 Å². The molecular weight excluding hydrogens is 415 g/mol. The number of nitrogens with one attached hydrogen (secondary N) is 2. The van der Waals surface area contributed by atoms with Crippen LogP contribution in [0, 0.1) is 0 Å². The maximum absolute atomic E-state index is 12.7. The minimum Gasteiger partial charge on any atom is -0.439 e. The normalized spacial score (nSPS) is 19.1. The molecule has 1 heterocycles. The zero-order valence-corrected chi connectivity index (χ0v) is 17.4. The van der Waals surface area contributed by atoms with E-state index < -0.39 is 35.4 Å². The predicted octanol–water partition coefficient (Wildman–Crippen LogP) is 2.94. The van der Waals surface area contributed by atoms with Gasteiger partial charge in [0, 0.05) is 12.6 Å². The molecule has 0 unspecified atom stereocenters. The Morgan fingerprint density at radius 2 is 1.68 bits per heavy atom. The molecule has 1 aliphatic heterocycles. The van der Waals surface area contributed by atoms with E-state index in [9.17, 15) is 27.6 Å². The molecule has 0 spiro atoms.